The molecule has 1 heterocycles. The Morgan fingerprint density at radius 1 is 0.227 bits per heavy atom. The van der Waals surface area contributed by atoms with Gasteiger partial charge in [-0.05, 0) is 148 Å². The summed E-state index contributed by atoms with van der Waals surface area (Å²) in [7, 11) is 0. The van der Waals surface area contributed by atoms with Crippen molar-refractivity contribution in [1.82, 2.24) is 0 Å². The summed E-state index contributed by atoms with van der Waals surface area (Å²) in [6.45, 7) is 0. The predicted molar refractivity (Wildman–Crippen MR) is 286 cm³/mol. The van der Waals surface area contributed by atoms with Gasteiger partial charge < -0.3 is 4.90 Å². The van der Waals surface area contributed by atoms with E-state index in [1.807, 2.05) is 11.3 Å². The highest BCUT2D eigenvalue weighted by atomic mass is 32.1. The number of fused-ring (bicyclic) bond motifs is 10. The molecule has 12 aromatic carbocycles. The van der Waals surface area contributed by atoms with Gasteiger partial charge >= 0.3 is 0 Å². The van der Waals surface area contributed by atoms with Gasteiger partial charge in [-0.25, -0.2) is 0 Å². The number of thiophene rings is 1. The van der Waals surface area contributed by atoms with Crippen molar-refractivity contribution in [3.05, 3.63) is 249 Å². The van der Waals surface area contributed by atoms with Crippen LogP contribution < -0.4 is 4.90 Å². The third kappa shape index (κ3) is 6.53. The number of benzene rings is 12. The van der Waals surface area contributed by atoms with Crippen LogP contribution in [0.5, 0.6) is 0 Å². The summed E-state index contributed by atoms with van der Waals surface area (Å²) in [6.07, 6.45) is 0. The normalized spacial score (nSPS) is 11.6. The molecule has 0 fully saturated rings. The zero-order chi connectivity index (χ0) is 43.6. The molecule has 0 spiro atoms. The average Bonchev–Trinajstić information content (AvgIpc) is 3.77. The maximum Gasteiger partial charge on any atom is 0.0467 e. The van der Waals surface area contributed by atoms with Crippen molar-refractivity contribution in [1.29, 1.82) is 0 Å². The molecule has 0 saturated carbocycles. The Labute approximate surface area is 387 Å². The number of hydrogen-bond acceptors (Lipinski definition) is 2. The lowest BCUT2D eigenvalue weighted by molar-refractivity contribution is 1.28. The van der Waals surface area contributed by atoms with Crippen LogP contribution in [0, 0.1) is 0 Å². The Morgan fingerprint density at radius 3 is 1.38 bits per heavy atom. The quantitative estimate of drug-likeness (QED) is 0.144. The van der Waals surface area contributed by atoms with Crippen molar-refractivity contribution in [2.45, 2.75) is 0 Å². The maximum atomic E-state index is 2.39. The van der Waals surface area contributed by atoms with E-state index in [-0.39, 0.29) is 0 Å². The fourth-order valence-corrected chi connectivity index (χ4v) is 11.4. The van der Waals surface area contributed by atoms with Gasteiger partial charge in [0, 0.05) is 37.2 Å². The van der Waals surface area contributed by atoms with E-state index in [1.54, 1.807) is 0 Å². The molecule has 0 saturated heterocycles. The van der Waals surface area contributed by atoms with Crippen molar-refractivity contribution in [2.24, 2.45) is 0 Å². The van der Waals surface area contributed by atoms with Crippen molar-refractivity contribution in [2.75, 3.05) is 4.90 Å². The summed E-state index contributed by atoms with van der Waals surface area (Å²) in [5.74, 6) is 0. The fourth-order valence-electron chi connectivity index (χ4n) is 10.2. The van der Waals surface area contributed by atoms with E-state index < -0.39 is 0 Å². The SMILES string of the molecule is c1cc(-c2cccc(N(c3ccc(-c4ccc5c(c4)sc4ccccc45)cc3)c3ccc(-c4ccc5c6ccccc6c6ccccc6c5c4)cc3)c2)cc(-c2cccc3ccccc23)c1. The number of rotatable bonds is 7. The minimum Gasteiger partial charge on any atom is -0.310 e. The van der Waals surface area contributed by atoms with Gasteiger partial charge in [-0.15, -0.1) is 11.3 Å². The second-order valence-electron chi connectivity index (χ2n) is 17.2. The number of hydrogen-bond donors (Lipinski definition) is 0. The largest absolute Gasteiger partial charge is 0.310 e. The van der Waals surface area contributed by atoms with Crippen LogP contribution in [0.2, 0.25) is 0 Å². The molecule has 0 bridgehead atoms. The lowest BCUT2D eigenvalue weighted by Gasteiger charge is -2.26. The van der Waals surface area contributed by atoms with Gasteiger partial charge in [-0.1, -0.05) is 188 Å². The van der Waals surface area contributed by atoms with Crippen LogP contribution in [0.15, 0.2) is 249 Å². The van der Waals surface area contributed by atoms with Crippen LogP contribution in [0.1, 0.15) is 0 Å². The average molecular weight is 856 g/mol. The van der Waals surface area contributed by atoms with Gasteiger partial charge in [0.05, 0.1) is 0 Å². The van der Waals surface area contributed by atoms with E-state index in [0.29, 0.717) is 0 Å². The lowest BCUT2D eigenvalue weighted by atomic mass is 9.92. The number of nitrogens with zero attached hydrogens (tertiary/aromatic N) is 1. The van der Waals surface area contributed by atoms with Crippen molar-refractivity contribution in [3.8, 4) is 44.5 Å². The van der Waals surface area contributed by atoms with Gasteiger partial charge in [-0.3, -0.25) is 0 Å². The number of anilines is 3. The van der Waals surface area contributed by atoms with Gasteiger partial charge in [0.15, 0.2) is 0 Å². The van der Waals surface area contributed by atoms with Crippen molar-refractivity contribution in [3.63, 3.8) is 0 Å². The summed E-state index contributed by atoms with van der Waals surface area (Å²) in [6, 6.07) is 91.5. The Kier molecular flexibility index (Phi) is 9.11. The van der Waals surface area contributed by atoms with Gasteiger partial charge in [0.2, 0.25) is 0 Å². The topological polar surface area (TPSA) is 3.24 Å². The summed E-state index contributed by atoms with van der Waals surface area (Å²) >= 11 is 1.86. The van der Waals surface area contributed by atoms with Crippen LogP contribution in [-0.2, 0) is 0 Å². The molecular formula is C64H41NS. The van der Waals surface area contributed by atoms with E-state index in [1.165, 1.54) is 108 Å². The first-order valence-corrected chi connectivity index (χ1v) is 23.5. The molecule has 0 aliphatic heterocycles. The second kappa shape index (κ2) is 15.7. The van der Waals surface area contributed by atoms with E-state index in [9.17, 15) is 0 Å². The van der Waals surface area contributed by atoms with Crippen LogP contribution >= 0.6 is 11.3 Å². The predicted octanol–water partition coefficient (Wildman–Crippen LogP) is 18.8. The Morgan fingerprint density at radius 2 is 0.682 bits per heavy atom. The fraction of sp³-hybridized carbons (Fsp3) is 0. The molecule has 66 heavy (non-hydrogen) atoms. The smallest absolute Gasteiger partial charge is 0.0467 e. The van der Waals surface area contributed by atoms with E-state index in [0.717, 1.165) is 17.1 Å². The molecule has 13 rings (SSSR count). The molecule has 2 heteroatoms. The summed E-state index contributed by atoms with van der Waals surface area (Å²) < 4.78 is 2.64. The highest BCUT2D eigenvalue weighted by Crippen LogP contribution is 2.42. The minimum absolute atomic E-state index is 1.09. The maximum absolute atomic E-state index is 2.39. The molecule has 0 aliphatic rings. The standard InChI is InChI=1S/C64H41NS/c1-2-18-53-44(12-1)13-11-24-54(53)49-16-9-14-45(38-49)46-15-10-17-52(39-46)65(51-34-28-43(29-35-51)48-31-37-61-60-23-7-8-25-63(60)66-64(61)41-48)50-32-26-42(27-33-50)47-30-36-59-57-21-4-3-19-55(57)56-20-5-6-22-58(56)62(59)40-47/h1-41H. The van der Waals surface area contributed by atoms with Crippen molar-refractivity contribution >= 4 is 91.7 Å². The van der Waals surface area contributed by atoms with Crippen LogP contribution in [0.25, 0.3) is 108 Å². The van der Waals surface area contributed by atoms with Crippen molar-refractivity contribution < 1.29 is 0 Å². The van der Waals surface area contributed by atoms with Gasteiger partial charge in [0.25, 0.3) is 0 Å². The van der Waals surface area contributed by atoms with E-state index >= 15 is 0 Å². The van der Waals surface area contributed by atoms with Gasteiger partial charge in [-0.2, -0.15) is 0 Å². The molecule has 1 aromatic heterocycles. The van der Waals surface area contributed by atoms with Crippen LogP contribution in [-0.4, -0.2) is 0 Å². The zero-order valence-corrected chi connectivity index (χ0v) is 36.8. The highest BCUT2D eigenvalue weighted by molar-refractivity contribution is 7.25. The molecule has 0 atom stereocenters. The third-order valence-electron chi connectivity index (χ3n) is 13.4. The molecule has 0 aliphatic carbocycles. The summed E-state index contributed by atoms with van der Waals surface area (Å²) in [5, 5.41) is 12.9. The Hall–Kier alpha value is -8.30. The van der Waals surface area contributed by atoms with E-state index in [4.69, 9.17) is 0 Å². The molecule has 13 aromatic rings. The Bertz CT molecular complexity index is 3950. The second-order valence-corrected chi connectivity index (χ2v) is 18.3. The highest BCUT2D eigenvalue weighted by Gasteiger charge is 2.17. The summed E-state index contributed by atoms with van der Waals surface area (Å²) in [5.41, 5.74) is 12.9. The Balaban J connectivity index is 0.902. The third-order valence-corrected chi connectivity index (χ3v) is 14.6. The molecule has 1 nitrogen and oxygen atoms in total. The molecule has 0 N–H and O–H groups in total. The molecule has 0 amide bonds. The first-order chi connectivity index (χ1) is 32.7. The lowest BCUT2D eigenvalue weighted by Crippen LogP contribution is -2.10. The molecule has 0 unspecified atom stereocenters. The van der Waals surface area contributed by atoms with Gasteiger partial charge in [0.1, 0.15) is 0 Å². The molecule has 0 radical (unpaired) electrons. The van der Waals surface area contributed by atoms with Crippen LogP contribution in [0.4, 0.5) is 17.1 Å². The van der Waals surface area contributed by atoms with Crippen LogP contribution in [0.3, 0.4) is 0 Å². The zero-order valence-electron chi connectivity index (χ0n) is 36.0. The first-order valence-electron chi connectivity index (χ1n) is 22.6. The summed E-state index contributed by atoms with van der Waals surface area (Å²) in [4.78, 5) is 2.39. The first kappa shape index (κ1) is 38.2. The molecular weight excluding hydrogens is 815 g/mol. The molecule has 308 valence electrons. The minimum atomic E-state index is 1.09. The monoisotopic (exact) mass is 855 g/mol. The van der Waals surface area contributed by atoms with E-state index in [2.05, 4.69) is 254 Å².